The number of nitrogen functional groups attached to an aromatic ring is 1. The van der Waals surface area contributed by atoms with Crippen LogP contribution in [0.3, 0.4) is 0 Å². The zero-order valence-electron chi connectivity index (χ0n) is 12.2. The number of nitrogens with zero attached hydrogens (tertiary/aromatic N) is 2. The van der Waals surface area contributed by atoms with E-state index in [0.29, 0.717) is 10.1 Å². The van der Waals surface area contributed by atoms with Crippen LogP contribution in [0.4, 0.5) is 5.69 Å². The minimum Gasteiger partial charge on any atom is -0.436 e. The van der Waals surface area contributed by atoms with Crippen molar-refractivity contribution in [1.82, 2.24) is 9.29 Å². The minimum absolute atomic E-state index is 0.0810. The summed E-state index contributed by atoms with van der Waals surface area (Å²) in [5, 5.41) is 0.441. The Morgan fingerprint density at radius 3 is 2.48 bits per heavy atom. The average Bonchev–Trinajstić information content (AvgIpc) is 2.70. The van der Waals surface area contributed by atoms with Crippen LogP contribution >= 0.6 is 11.8 Å². The van der Waals surface area contributed by atoms with Crippen LogP contribution in [0.5, 0.6) is 0 Å². The molecule has 0 atom stereocenters. The molecule has 0 unspecified atom stereocenters. The van der Waals surface area contributed by atoms with E-state index in [1.807, 2.05) is 13.8 Å². The first-order valence-corrected chi connectivity index (χ1v) is 8.42. The van der Waals surface area contributed by atoms with E-state index in [1.165, 1.54) is 31.9 Å². The predicted octanol–water partition coefficient (Wildman–Crippen LogP) is 2.28. The molecule has 2 N–H and O–H groups in total. The quantitative estimate of drug-likeness (QED) is 0.867. The number of hydrogen-bond donors (Lipinski definition) is 1. The molecule has 1 aromatic carbocycles. The lowest BCUT2D eigenvalue weighted by Gasteiger charge is -2.14. The minimum atomic E-state index is -3.58. The highest BCUT2D eigenvalue weighted by Crippen LogP contribution is 2.36. The molecule has 1 aromatic heterocycles. The van der Waals surface area contributed by atoms with E-state index in [4.69, 9.17) is 10.2 Å². The van der Waals surface area contributed by atoms with Gasteiger partial charge in [-0.1, -0.05) is 6.07 Å². The third-order valence-electron chi connectivity index (χ3n) is 2.99. The van der Waals surface area contributed by atoms with Gasteiger partial charge in [0.05, 0.1) is 11.4 Å². The van der Waals surface area contributed by atoms with E-state index in [9.17, 15) is 8.42 Å². The summed E-state index contributed by atoms with van der Waals surface area (Å²) in [5.74, 6) is 0.730. The highest BCUT2D eigenvalue weighted by atomic mass is 32.2. The van der Waals surface area contributed by atoms with Crippen LogP contribution in [0, 0.1) is 13.8 Å². The smallest absolute Gasteiger partial charge is 0.261 e. The second kappa shape index (κ2) is 5.70. The van der Waals surface area contributed by atoms with E-state index >= 15 is 0 Å². The van der Waals surface area contributed by atoms with Crippen LogP contribution in [0.25, 0.3) is 0 Å². The van der Waals surface area contributed by atoms with Crippen molar-refractivity contribution in [3.05, 3.63) is 29.7 Å². The van der Waals surface area contributed by atoms with E-state index in [2.05, 4.69) is 4.98 Å². The Balaban J connectivity index is 2.43. The highest BCUT2D eigenvalue weighted by Gasteiger charge is 2.22. The van der Waals surface area contributed by atoms with Crippen molar-refractivity contribution in [1.29, 1.82) is 0 Å². The fourth-order valence-electron chi connectivity index (χ4n) is 1.62. The molecule has 0 aliphatic heterocycles. The van der Waals surface area contributed by atoms with Crippen LogP contribution in [-0.4, -0.2) is 31.8 Å². The molecule has 1 heterocycles. The summed E-state index contributed by atoms with van der Waals surface area (Å²) < 4.78 is 31.0. The largest absolute Gasteiger partial charge is 0.436 e. The van der Waals surface area contributed by atoms with Crippen molar-refractivity contribution < 1.29 is 12.8 Å². The maximum atomic E-state index is 12.2. The summed E-state index contributed by atoms with van der Waals surface area (Å²) in [4.78, 5) is 4.93. The monoisotopic (exact) mass is 327 g/mol. The van der Waals surface area contributed by atoms with Gasteiger partial charge in [0.15, 0.2) is 0 Å². The Morgan fingerprint density at radius 2 is 1.95 bits per heavy atom. The Morgan fingerprint density at radius 1 is 1.29 bits per heavy atom. The van der Waals surface area contributed by atoms with Crippen molar-refractivity contribution in [2.24, 2.45) is 0 Å². The fourth-order valence-corrected chi connectivity index (χ4v) is 3.62. The predicted molar refractivity (Wildman–Crippen MR) is 81.8 cm³/mol. The van der Waals surface area contributed by atoms with Crippen LogP contribution in [0.1, 0.15) is 11.5 Å². The molecule has 21 heavy (non-hydrogen) atoms. The number of hydrogen-bond acceptors (Lipinski definition) is 6. The molecule has 2 rings (SSSR count). The Kier molecular flexibility index (Phi) is 4.31. The zero-order valence-corrected chi connectivity index (χ0v) is 13.9. The molecular formula is C13H17N3O3S2. The Bertz CT molecular complexity index is 747. The molecule has 114 valence electrons. The van der Waals surface area contributed by atoms with Crippen molar-refractivity contribution in [3.8, 4) is 0 Å². The first-order chi connectivity index (χ1) is 9.73. The molecule has 0 saturated carbocycles. The normalized spacial score (nSPS) is 12.0. The first kappa shape index (κ1) is 15.9. The SMILES string of the molecule is Cc1nc(Sc2cccc(S(=O)(=O)N(C)C)c2N)oc1C. The molecular weight excluding hydrogens is 310 g/mol. The number of benzene rings is 1. The van der Waals surface area contributed by atoms with Gasteiger partial charge in [0.1, 0.15) is 10.7 Å². The third kappa shape index (κ3) is 3.07. The van der Waals surface area contributed by atoms with Gasteiger partial charge < -0.3 is 10.2 Å². The summed E-state index contributed by atoms with van der Waals surface area (Å²) >= 11 is 1.21. The van der Waals surface area contributed by atoms with Gasteiger partial charge >= 0.3 is 0 Å². The molecule has 0 amide bonds. The molecule has 6 nitrogen and oxygen atoms in total. The van der Waals surface area contributed by atoms with Gasteiger partial charge in [-0.2, -0.15) is 0 Å². The van der Waals surface area contributed by atoms with E-state index in [0.717, 1.165) is 15.8 Å². The Labute approximate surface area is 128 Å². The number of sulfonamides is 1. The first-order valence-electron chi connectivity index (χ1n) is 6.16. The average molecular weight is 327 g/mol. The number of aryl methyl sites for hydroxylation is 2. The summed E-state index contributed by atoms with van der Waals surface area (Å²) in [6.07, 6.45) is 0. The second-order valence-electron chi connectivity index (χ2n) is 4.68. The van der Waals surface area contributed by atoms with Crippen LogP contribution in [-0.2, 0) is 10.0 Å². The van der Waals surface area contributed by atoms with Crippen LogP contribution < -0.4 is 5.73 Å². The van der Waals surface area contributed by atoms with Gasteiger partial charge in [-0.3, -0.25) is 0 Å². The standard InChI is InChI=1S/C13H17N3O3S2/c1-8-9(2)19-13(15-8)20-10-6-5-7-11(12(10)14)21(17,18)16(3)4/h5-7H,14H2,1-4H3. The molecule has 2 aromatic rings. The number of anilines is 1. The van der Waals surface area contributed by atoms with Gasteiger partial charge in [-0.25, -0.2) is 17.7 Å². The van der Waals surface area contributed by atoms with Crippen molar-refractivity contribution in [2.75, 3.05) is 19.8 Å². The topological polar surface area (TPSA) is 89.4 Å². The highest BCUT2D eigenvalue weighted by molar-refractivity contribution is 7.99. The molecule has 0 fully saturated rings. The molecule has 0 aliphatic rings. The second-order valence-corrected chi connectivity index (χ2v) is 7.79. The number of oxazole rings is 1. The van der Waals surface area contributed by atoms with E-state index in [-0.39, 0.29) is 10.6 Å². The molecule has 8 heteroatoms. The summed E-state index contributed by atoms with van der Waals surface area (Å²) in [6, 6.07) is 4.88. The number of aromatic nitrogens is 1. The van der Waals surface area contributed by atoms with Crippen molar-refractivity contribution >= 4 is 27.5 Å². The number of para-hydroxylation sites is 1. The Hall–Kier alpha value is -1.51. The van der Waals surface area contributed by atoms with Crippen molar-refractivity contribution in [3.63, 3.8) is 0 Å². The van der Waals surface area contributed by atoms with Gasteiger partial charge in [-0.05, 0) is 37.7 Å². The lowest BCUT2D eigenvalue weighted by Crippen LogP contribution is -2.23. The number of nitrogens with two attached hydrogens (primary N) is 1. The third-order valence-corrected chi connectivity index (χ3v) is 5.79. The van der Waals surface area contributed by atoms with Gasteiger partial charge in [0.25, 0.3) is 5.22 Å². The molecule has 0 bridgehead atoms. The fraction of sp³-hybridized carbons (Fsp3) is 0.308. The summed E-state index contributed by atoms with van der Waals surface area (Å²) in [6.45, 7) is 3.67. The maximum absolute atomic E-state index is 12.2. The van der Waals surface area contributed by atoms with Crippen molar-refractivity contribution in [2.45, 2.75) is 28.9 Å². The van der Waals surface area contributed by atoms with E-state index in [1.54, 1.807) is 12.1 Å². The molecule has 0 spiro atoms. The molecule has 0 radical (unpaired) electrons. The summed E-state index contributed by atoms with van der Waals surface area (Å²) in [5.41, 5.74) is 7.00. The lowest BCUT2D eigenvalue weighted by atomic mass is 10.3. The van der Waals surface area contributed by atoms with Crippen LogP contribution in [0.15, 0.2) is 37.6 Å². The summed E-state index contributed by atoms with van der Waals surface area (Å²) in [7, 11) is -0.646. The van der Waals surface area contributed by atoms with Gasteiger partial charge in [0.2, 0.25) is 10.0 Å². The van der Waals surface area contributed by atoms with Gasteiger partial charge in [0, 0.05) is 19.0 Å². The zero-order chi connectivity index (χ0) is 15.8. The molecule has 0 saturated heterocycles. The number of rotatable bonds is 4. The molecule has 0 aliphatic carbocycles. The maximum Gasteiger partial charge on any atom is 0.261 e. The lowest BCUT2D eigenvalue weighted by molar-refractivity contribution is 0.431. The van der Waals surface area contributed by atoms with Crippen LogP contribution in [0.2, 0.25) is 0 Å². The van der Waals surface area contributed by atoms with Gasteiger partial charge in [-0.15, -0.1) is 0 Å². The van der Waals surface area contributed by atoms with E-state index < -0.39 is 10.0 Å².